The molecule has 21 heavy (non-hydrogen) atoms. The third-order valence-electron chi connectivity index (χ3n) is 5.20. The Morgan fingerprint density at radius 2 is 2.05 bits per heavy atom. The summed E-state index contributed by atoms with van der Waals surface area (Å²) in [5.74, 6) is 0.994. The molecule has 0 saturated carbocycles. The molecular formula is C16H22N4O. The van der Waals surface area contributed by atoms with Crippen molar-refractivity contribution in [2.45, 2.75) is 57.5 Å². The maximum absolute atomic E-state index is 12.5. The number of aryl methyl sites for hydroxylation is 2. The molecule has 2 saturated heterocycles. The van der Waals surface area contributed by atoms with Crippen LogP contribution in [0.4, 0.5) is 5.95 Å². The molecule has 0 radical (unpaired) electrons. The van der Waals surface area contributed by atoms with Crippen LogP contribution in [-0.4, -0.2) is 45.9 Å². The molecule has 1 aromatic heterocycles. The molecule has 1 aromatic rings. The first kappa shape index (κ1) is 13.0. The van der Waals surface area contributed by atoms with E-state index in [0.29, 0.717) is 6.04 Å². The number of carbonyl (C=O) groups excluding carboxylic acids is 1. The predicted octanol–water partition coefficient (Wildman–Crippen LogP) is 1.55. The minimum absolute atomic E-state index is 0.138. The molecule has 0 spiro atoms. The van der Waals surface area contributed by atoms with E-state index in [9.17, 15) is 4.79 Å². The Bertz CT molecular complexity index is 573. The van der Waals surface area contributed by atoms with Gasteiger partial charge in [-0.2, -0.15) is 0 Å². The molecule has 0 aromatic carbocycles. The van der Waals surface area contributed by atoms with Crippen LogP contribution < -0.4 is 4.90 Å². The number of rotatable bonds is 1. The maximum Gasteiger partial charge on any atom is 0.245 e. The molecule has 2 aliphatic heterocycles. The standard InChI is InChI=1S/C16H22N4O/c1-11-15(21)19-8-4-6-13(19)10-20(11)16-17-9-12-5-2-3-7-14(12)18-16/h9,11,13H,2-8,10H2,1H3/t11-,13+/m1/s1. The average molecular weight is 286 g/mol. The number of anilines is 1. The van der Waals surface area contributed by atoms with E-state index >= 15 is 0 Å². The summed E-state index contributed by atoms with van der Waals surface area (Å²) in [6.45, 7) is 3.79. The zero-order valence-corrected chi connectivity index (χ0v) is 12.6. The van der Waals surface area contributed by atoms with Gasteiger partial charge >= 0.3 is 0 Å². The highest BCUT2D eigenvalue weighted by Gasteiger charge is 2.41. The van der Waals surface area contributed by atoms with Gasteiger partial charge in [0.05, 0.1) is 0 Å². The summed E-state index contributed by atoms with van der Waals surface area (Å²) in [7, 11) is 0. The summed E-state index contributed by atoms with van der Waals surface area (Å²) in [5, 5.41) is 0. The first-order valence-corrected chi connectivity index (χ1v) is 8.16. The summed E-state index contributed by atoms with van der Waals surface area (Å²) in [6.07, 6.45) is 8.83. The fourth-order valence-corrected chi connectivity index (χ4v) is 3.93. The first-order valence-electron chi connectivity index (χ1n) is 8.16. The van der Waals surface area contributed by atoms with E-state index in [2.05, 4.69) is 14.8 Å². The lowest BCUT2D eigenvalue weighted by Gasteiger charge is -2.41. The number of fused-ring (bicyclic) bond motifs is 2. The van der Waals surface area contributed by atoms with Crippen LogP contribution in [-0.2, 0) is 17.6 Å². The molecule has 3 heterocycles. The second-order valence-electron chi connectivity index (χ2n) is 6.51. The zero-order chi connectivity index (χ0) is 14.4. The van der Waals surface area contributed by atoms with Crippen LogP contribution in [0.1, 0.15) is 43.9 Å². The summed E-state index contributed by atoms with van der Waals surface area (Å²) < 4.78 is 0. The van der Waals surface area contributed by atoms with E-state index in [1.807, 2.05) is 13.1 Å². The number of carbonyl (C=O) groups is 1. The molecule has 3 aliphatic rings. The first-order chi connectivity index (χ1) is 10.2. The SMILES string of the molecule is C[C@@H]1C(=O)N2CCC[C@H]2CN1c1ncc2c(n1)CCCC2. The molecule has 5 nitrogen and oxygen atoms in total. The van der Waals surface area contributed by atoms with Crippen LogP contribution in [0.5, 0.6) is 0 Å². The molecule has 5 heteroatoms. The fourth-order valence-electron chi connectivity index (χ4n) is 3.93. The van der Waals surface area contributed by atoms with Gasteiger partial charge in [0.25, 0.3) is 0 Å². The van der Waals surface area contributed by atoms with Crippen LogP contribution in [0.2, 0.25) is 0 Å². The molecule has 1 aliphatic carbocycles. The topological polar surface area (TPSA) is 49.3 Å². The largest absolute Gasteiger partial charge is 0.336 e. The highest BCUT2D eigenvalue weighted by Crippen LogP contribution is 2.29. The van der Waals surface area contributed by atoms with E-state index in [-0.39, 0.29) is 11.9 Å². The Morgan fingerprint density at radius 1 is 1.19 bits per heavy atom. The highest BCUT2D eigenvalue weighted by atomic mass is 16.2. The van der Waals surface area contributed by atoms with Gasteiger partial charge in [0.2, 0.25) is 11.9 Å². The van der Waals surface area contributed by atoms with Gasteiger partial charge in [-0.05, 0) is 51.0 Å². The number of hydrogen-bond acceptors (Lipinski definition) is 4. The minimum atomic E-state index is -0.138. The van der Waals surface area contributed by atoms with Crippen LogP contribution in [0, 0.1) is 0 Å². The van der Waals surface area contributed by atoms with Gasteiger partial charge in [0.1, 0.15) is 6.04 Å². The molecule has 112 valence electrons. The van der Waals surface area contributed by atoms with Gasteiger partial charge in [-0.15, -0.1) is 0 Å². The molecule has 1 amide bonds. The molecule has 0 bridgehead atoms. The molecule has 0 N–H and O–H groups in total. The van der Waals surface area contributed by atoms with Crippen molar-refractivity contribution in [1.29, 1.82) is 0 Å². The van der Waals surface area contributed by atoms with Crippen molar-refractivity contribution in [3.8, 4) is 0 Å². The fraction of sp³-hybridized carbons (Fsp3) is 0.688. The highest BCUT2D eigenvalue weighted by molar-refractivity contribution is 5.86. The van der Waals surface area contributed by atoms with Crippen LogP contribution in [0.25, 0.3) is 0 Å². The van der Waals surface area contributed by atoms with Crippen molar-refractivity contribution < 1.29 is 4.79 Å². The number of aromatic nitrogens is 2. The van der Waals surface area contributed by atoms with Gasteiger partial charge in [-0.3, -0.25) is 4.79 Å². The van der Waals surface area contributed by atoms with Crippen LogP contribution in [0.3, 0.4) is 0 Å². The molecule has 2 atom stereocenters. The van der Waals surface area contributed by atoms with Crippen LogP contribution in [0.15, 0.2) is 6.20 Å². The number of nitrogens with zero attached hydrogens (tertiary/aromatic N) is 4. The predicted molar refractivity (Wildman–Crippen MR) is 80.2 cm³/mol. The third-order valence-corrected chi connectivity index (χ3v) is 5.20. The summed E-state index contributed by atoms with van der Waals surface area (Å²) in [5.41, 5.74) is 2.49. The molecule has 4 rings (SSSR count). The minimum Gasteiger partial charge on any atom is -0.336 e. The lowest BCUT2D eigenvalue weighted by Crippen LogP contribution is -2.59. The Hall–Kier alpha value is -1.65. The van der Waals surface area contributed by atoms with Crippen molar-refractivity contribution in [3.63, 3.8) is 0 Å². The summed E-state index contributed by atoms with van der Waals surface area (Å²) in [6, 6.07) is 0.217. The normalized spacial score (nSPS) is 28.5. The Balaban J connectivity index is 1.64. The third kappa shape index (κ3) is 2.10. The summed E-state index contributed by atoms with van der Waals surface area (Å²) >= 11 is 0. The Kier molecular flexibility index (Phi) is 3.08. The zero-order valence-electron chi connectivity index (χ0n) is 12.6. The second kappa shape index (κ2) is 4.97. The van der Waals surface area contributed by atoms with E-state index < -0.39 is 0 Å². The van der Waals surface area contributed by atoms with Crippen molar-refractivity contribution >= 4 is 11.9 Å². The lowest BCUT2D eigenvalue weighted by molar-refractivity contribution is -0.134. The smallest absolute Gasteiger partial charge is 0.245 e. The Morgan fingerprint density at radius 3 is 2.95 bits per heavy atom. The van der Waals surface area contributed by atoms with E-state index in [4.69, 9.17) is 4.98 Å². The van der Waals surface area contributed by atoms with E-state index in [1.54, 1.807) is 0 Å². The monoisotopic (exact) mass is 286 g/mol. The van der Waals surface area contributed by atoms with E-state index in [0.717, 1.165) is 44.7 Å². The van der Waals surface area contributed by atoms with Crippen molar-refractivity contribution in [2.75, 3.05) is 18.0 Å². The second-order valence-corrected chi connectivity index (χ2v) is 6.51. The number of amides is 1. The van der Waals surface area contributed by atoms with Crippen molar-refractivity contribution in [2.24, 2.45) is 0 Å². The van der Waals surface area contributed by atoms with Gasteiger partial charge in [0, 0.05) is 31.0 Å². The van der Waals surface area contributed by atoms with Crippen molar-refractivity contribution in [3.05, 3.63) is 17.5 Å². The number of piperazine rings is 1. The van der Waals surface area contributed by atoms with E-state index in [1.165, 1.54) is 24.1 Å². The average Bonchev–Trinajstić information content (AvgIpc) is 2.99. The molecule has 2 fully saturated rings. The molecule has 0 unspecified atom stereocenters. The maximum atomic E-state index is 12.5. The number of hydrogen-bond donors (Lipinski definition) is 0. The van der Waals surface area contributed by atoms with Gasteiger partial charge < -0.3 is 9.80 Å². The summed E-state index contributed by atoms with van der Waals surface area (Å²) in [4.78, 5) is 26.0. The van der Waals surface area contributed by atoms with Crippen molar-refractivity contribution in [1.82, 2.24) is 14.9 Å². The van der Waals surface area contributed by atoms with Gasteiger partial charge in [-0.25, -0.2) is 9.97 Å². The Labute approximate surface area is 125 Å². The van der Waals surface area contributed by atoms with Crippen LogP contribution >= 0.6 is 0 Å². The van der Waals surface area contributed by atoms with Gasteiger partial charge in [0.15, 0.2) is 0 Å². The van der Waals surface area contributed by atoms with Gasteiger partial charge in [-0.1, -0.05) is 0 Å². The lowest BCUT2D eigenvalue weighted by atomic mass is 9.97. The molecular weight excluding hydrogens is 264 g/mol. The quantitative estimate of drug-likeness (QED) is 0.786.